The number of carbonyl (C=O) groups excluding carboxylic acids is 1. The molecule has 6 heteroatoms. The van der Waals surface area contributed by atoms with Crippen molar-refractivity contribution >= 4 is 22.8 Å². The van der Waals surface area contributed by atoms with Crippen molar-refractivity contribution in [2.45, 2.75) is 40.5 Å². The standard InChI is InChI=1S/C18H25N5O/c1-5-22(6-2)18(24)16-20-15-14(12(3)11-13(4)19-15)17(21-16)23-9-7-8-10-23/h11H,5-10H2,1-4H3. The average molecular weight is 327 g/mol. The first-order chi connectivity index (χ1) is 11.5. The topological polar surface area (TPSA) is 62.2 Å². The van der Waals surface area contributed by atoms with Crippen LogP contribution in [0, 0.1) is 13.8 Å². The van der Waals surface area contributed by atoms with Crippen LogP contribution in [0.1, 0.15) is 48.6 Å². The maximum Gasteiger partial charge on any atom is 0.291 e. The molecule has 3 heterocycles. The first-order valence-electron chi connectivity index (χ1n) is 8.75. The quantitative estimate of drug-likeness (QED) is 0.864. The van der Waals surface area contributed by atoms with Gasteiger partial charge in [-0.2, -0.15) is 0 Å². The number of fused-ring (bicyclic) bond motifs is 1. The molecule has 3 rings (SSSR count). The zero-order valence-corrected chi connectivity index (χ0v) is 15.0. The van der Waals surface area contributed by atoms with Crippen LogP contribution in [0.15, 0.2) is 6.07 Å². The Balaban J connectivity index is 2.19. The molecule has 1 aliphatic heterocycles. The molecule has 0 unspecified atom stereocenters. The molecule has 0 saturated carbocycles. The third-order valence-corrected chi connectivity index (χ3v) is 4.62. The Morgan fingerprint density at radius 2 is 1.79 bits per heavy atom. The molecule has 1 saturated heterocycles. The lowest BCUT2D eigenvalue weighted by Gasteiger charge is -2.22. The lowest BCUT2D eigenvalue weighted by Crippen LogP contribution is -2.32. The summed E-state index contributed by atoms with van der Waals surface area (Å²) in [4.78, 5) is 30.5. The van der Waals surface area contributed by atoms with Gasteiger partial charge in [0.2, 0.25) is 5.82 Å². The second-order valence-electron chi connectivity index (χ2n) is 6.32. The summed E-state index contributed by atoms with van der Waals surface area (Å²) in [5.74, 6) is 0.993. The monoisotopic (exact) mass is 327 g/mol. The van der Waals surface area contributed by atoms with E-state index in [4.69, 9.17) is 0 Å². The van der Waals surface area contributed by atoms with E-state index < -0.39 is 0 Å². The Labute approximate surface area is 142 Å². The molecule has 0 aliphatic carbocycles. The van der Waals surface area contributed by atoms with Gasteiger partial charge in [-0.3, -0.25) is 4.79 Å². The van der Waals surface area contributed by atoms with Gasteiger partial charge in [-0.15, -0.1) is 0 Å². The maximum atomic E-state index is 12.7. The normalized spacial score (nSPS) is 14.4. The van der Waals surface area contributed by atoms with Crippen LogP contribution in [0.5, 0.6) is 0 Å². The molecule has 1 fully saturated rings. The van der Waals surface area contributed by atoms with Crippen LogP contribution in [0.4, 0.5) is 5.82 Å². The highest BCUT2D eigenvalue weighted by Crippen LogP contribution is 2.29. The average Bonchev–Trinajstić information content (AvgIpc) is 3.08. The highest BCUT2D eigenvalue weighted by molar-refractivity contribution is 5.96. The first kappa shape index (κ1) is 16.6. The Morgan fingerprint density at radius 1 is 1.12 bits per heavy atom. The zero-order chi connectivity index (χ0) is 17.3. The molecule has 128 valence electrons. The number of rotatable bonds is 4. The molecule has 0 aromatic carbocycles. The van der Waals surface area contributed by atoms with Gasteiger partial charge in [0.15, 0.2) is 5.65 Å². The Morgan fingerprint density at radius 3 is 2.42 bits per heavy atom. The van der Waals surface area contributed by atoms with Gasteiger partial charge in [-0.1, -0.05) is 0 Å². The third-order valence-electron chi connectivity index (χ3n) is 4.62. The molecule has 1 aliphatic rings. The number of hydrogen-bond acceptors (Lipinski definition) is 5. The predicted octanol–water partition coefficient (Wildman–Crippen LogP) is 2.72. The fraction of sp³-hybridized carbons (Fsp3) is 0.556. The second kappa shape index (κ2) is 6.71. The summed E-state index contributed by atoms with van der Waals surface area (Å²) in [5, 5.41) is 0.971. The fourth-order valence-electron chi connectivity index (χ4n) is 3.36. The number of hydrogen-bond donors (Lipinski definition) is 0. The highest BCUT2D eigenvalue weighted by Gasteiger charge is 2.24. The van der Waals surface area contributed by atoms with Crippen LogP contribution in [0.3, 0.4) is 0 Å². The van der Waals surface area contributed by atoms with Crippen LogP contribution in [-0.4, -0.2) is 51.9 Å². The molecule has 6 nitrogen and oxygen atoms in total. The second-order valence-corrected chi connectivity index (χ2v) is 6.32. The van der Waals surface area contributed by atoms with Gasteiger partial charge >= 0.3 is 0 Å². The lowest BCUT2D eigenvalue weighted by atomic mass is 10.1. The van der Waals surface area contributed by atoms with Gasteiger partial charge in [0, 0.05) is 31.9 Å². The molecular formula is C18H25N5O. The minimum atomic E-state index is -0.122. The molecule has 2 aromatic rings. The van der Waals surface area contributed by atoms with E-state index in [2.05, 4.69) is 32.8 Å². The van der Waals surface area contributed by atoms with E-state index in [-0.39, 0.29) is 11.7 Å². The zero-order valence-electron chi connectivity index (χ0n) is 15.0. The Bertz CT molecular complexity index is 764. The number of amides is 1. The molecule has 0 spiro atoms. The van der Waals surface area contributed by atoms with Crippen molar-refractivity contribution in [3.63, 3.8) is 0 Å². The van der Waals surface area contributed by atoms with Crippen molar-refractivity contribution in [1.82, 2.24) is 19.9 Å². The number of carbonyl (C=O) groups is 1. The molecule has 0 radical (unpaired) electrons. The number of aryl methyl sites for hydroxylation is 2. The number of anilines is 1. The van der Waals surface area contributed by atoms with Crippen LogP contribution >= 0.6 is 0 Å². The fourth-order valence-corrected chi connectivity index (χ4v) is 3.36. The molecular weight excluding hydrogens is 302 g/mol. The smallest absolute Gasteiger partial charge is 0.291 e. The predicted molar refractivity (Wildman–Crippen MR) is 95.5 cm³/mol. The largest absolute Gasteiger partial charge is 0.356 e. The van der Waals surface area contributed by atoms with E-state index in [1.54, 1.807) is 4.90 Å². The van der Waals surface area contributed by atoms with Crippen molar-refractivity contribution < 1.29 is 4.79 Å². The number of aromatic nitrogens is 3. The number of pyridine rings is 1. The van der Waals surface area contributed by atoms with Crippen LogP contribution in [-0.2, 0) is 0 Å². The summed E-state index contributed by atoms with van der Waals surface area (Å²) in [7, 11) is 0. The van der Waals surface area contributed by atoms with Gasteiger partial charge in [0.1, 0.15) is 5.82 Å². The van der Waals surface area contributed by atoms with Gasteiger partial charge in [0.05, 0.1) is 5.39 Å². The third kappa shape index (κ3) is 2.92. The van der Waals surface area contributed by atoms with Crippen molar-refractivity contribution in [1.29, 1.82) is 0 Å². The summed E-state index contributed by atoms with van der Waals surface area (Å²) in [6.45, 7) is 11.2. The van der Waals surface area contributed by atoms with Crippen molar-refractivity contribution in [3.8, 4) is 0 Å². The summed E-state index contributed by atoms with van der Waals surface area (Å²) < 4.78 is 0. The number of nitrogens with zero attached hydrogens (tertiary/aromatic N) is 5. The first-order valence-corrected chi connectivity index (χ1v) is 8.75. The van der Waals surface area contributed by atoms with E-state index in [9.17, 15) is 4.79 Å². The maximum absolute atomic E-state index is 12.7. The molecule has 0 N–H and O–H groups in total. The molecule has 0 atom stereocenters. The highest BCUT2D eigenvalue weighted by atomic mass is 16.2. The molecule has 1 amide bonds. The SMILES string of the molecule is CCN(CC)C(=O)c1nc(N2CCCC2)c2c(C)cc(C)nc2n1. The summed E-state index contributed by atoms with van der Waals surface area (Å²) >= 11 is 0. The van der Waals surface area contributed by atoms with Crippen LogP contribution < -0.4 is 4.90 Å². The van der Waals surface area contributed by atoms with E-state index in [0.717, 1.165) is 48.4 Å². The van der Waals surface area contributed by atoms with Crippen molar-refractivity contribution in [2.75, 3.05) is 31.1 Å². The Hall–Kier alpha value is -2.24. The van der Waals surface area contributed by atoms with Crippen molar-refractivity contribution in [3.05, 3.63) is 23.1 Å². The van der Waals surface area contributed by atoms with Crippen LogP contribution in [0.2, 0.25) is 0 Å². The lowest BCUT2D eigenvalue weighted by molar-refractivity contribution is 0.0761. The molecule has 24 heavy (non-hydrogen) atoms. The summed E-state index contributed by atoms with van der Waals surface area (Å²) in [6, 6.07) is 2.05. The summed E-state index contributed by atoms with van der Waals surface area (Å²) in [6.07, 6.45) is 2.31. The van der Waals surface area contributed by atoms with Crippen molar-refractivity contribution in [2.24, 2.45) is 0 Å². The van der Waals surface area contributed by atoms with Gasteiger partial charge < -0.3 is 9.80 Å². The summed E-state index contributed by atoms with van der Waals surface area (Å²) in [5.41, 5.74) is 2.65. The van der Waals surface area contributed by atoms with Crippen LogP contribution in [0.25, 0.3) is 11.0 Å². The van der Waals surface area contributed by atoms with Gasteiger partial charge in [-0.25, -0.2) is 15.0 Å². The minimum Gasteiger partial charge on any atom is -0.356 e. The van der Waals surface area contributed by atoms with E-state index in [1.165, 1.54) is 0 Å². The van der Waals surface area contributed by atoms with E-state index in [0.29, 0.717) is 18.7 Å². The Kier molecular flexibility index (Phi) is 4.64. The molecule has 0 bridgehead atoms. The minimum absolute atomic E-state index is 0.122. The van der Waals surface area contributed by atoms with E-state index in [1.807, 2.05) is 20.8 Å². The van der Waals surface area contributed by atoms with E-state index >= 15 is 0 Å². The molecule has 2 aromatic heterocycles. The van der Waals surface area contributed by atoms with Gasteiger partial charge in [0.25, 0.3) is 5.91 Å². The van der Waals surface area contributed by atoms with Gasteiger partial charge in [-0.05, 0) is 52.2 Å².